The molecule has 0 radical (unpaired) electrons. The molecule has 0 spiro atoms. The van der Waals surface area contributed by atoms with Crippen LogP contribution in [0.2, 0.25) is 0 Å². The van der Waals surface area contributed by atoms with Crippen molar-refractivity contribution in [1.82, 2.24) is 10.6 Å². The highest BCUT2D eigenvalue weighted by Crippen LogP contribution is 1.97. The Hall–Kier alpha value is -1.67. The fourth-order valence-corrected chi connectivity index (χ4v) is 1.02. The fourth-order valence-electron chi connectivity index (χ4n) is 1.02. The van der Waals surface area contributed by atoms with E-state index < -0.39 is 36.5 Å². The van der Waals surface area contributed by atoms with Gasteiger partial charge < -0.3 is 26.6 Å². The summed E-state index contributed by atoms with van der Waals surface area (Å²) in [6, 6.07) is -2.11. The third kappa shape index (κ3) is 5.60. The van der Waals surface area contributed by atoms with Gasteiger partial charge in [0.1, 0.15) is 6.04 Å². The van der Waals surface area contributed by atoms with E-state index in [1.807, 2.05) is 5.32 Å². The Labute approximate surface area is 105 Å². The maximum atomic E-state index is 11.4. The molecule has 0 rings (SSSR count). The Balaban J connectivity index is 4.11. The highest BCUT2D eigenvalue weighted by molar-refractivity contribution is 5.89. The summed E-state index contributed by atoms with van der Waals surface area (Å²) in [5, 5.41) is 21.6. The number of amides is 2. The maximum absolute atomic E-state index is 11.4. The van der Waals surface area contributed by atoms with Crippen molar-refractivity contribution >= 4 is 17.8 Å². The molecule has 0 aliphatic carbocycles. The summed E-state index contributed by atoms with van der Waals surface area (Å²) in [5.41, 5.74) is 5.54. The van der Waals surface area contributed by atoms with Crippen molar-refractivity contribution in [1.29, 1.82) is 0 Å². The van der Waals surface area contributed by atoms with Gasteiger partial charge in [-0.05, 0) is 5.92 Å². The lowest BCUT2D eigenvalue weighted by molar-refractivity contribution is -0.142. The summed E-state index contributed by atoms with van der Waals surface area (Å²) in [4.78, 5) is 33.2. The quantitative estimate of drug-likeness (QED) is 0.347. The van der Waals surface area contributed by atoms with Crippen molar-refractivity contribution in [3.63, 3.8) is 0 Å². The lowest BCUT2D eigenvalue weighted by Gasteiger charge is -2.16. The van der Waals surface area contributed by atoms with Gasteiger partial charge in [0.2, 0.25) is 11.8 Å². The highest BCUT2D eigenvalue weighted by Gasteiger charge is 2.20. The zero-order chi connectivity index (χ0) is 14.3. The number of aliphatic hydroxyl groups excluding tert-OH is 1. The first-order valence-corrected chi connectivity index (χ1v) is 5.45. The molecule has 104 valence electrons. The monoisotopic (exact) mass is 261 g/mol. The van der Waals surface area contributed by atoms with Gasteiger partial charge in [-0.25, -0.2) is 4.79 Å². The summed E-state index contributed by atoms with van der Waals surface area (Å²) in [6.07, 6.45) is 0. The van der Waals surface area contributed by atoms with Crippen LogP contribution in [-0.4, -0.2) is 53.2 Å². The van der Waals surface area contributed by atoms with Crippen LogP contribution in [0.5, 0.6) is 0 Å². The molecule has 8 heteroatoms. The molecular formula is C10H19N3O5. The number of nitrogens with two attached hydrogens (primary N) is 1. The van der Waals surface area contributed by atoms with Gasteiger partial charge in [-0.1, -0.05) is 13.8 Å². The number of carboxylic acids is 1. The van der Waals surface area contributed by atoms with Gasteiger partial charge in [-0.3, -0.25) is 9.59 Å². The molecular weight excluding hydrogens is 242 g/mol. The summed E-state index contributed by atoms with van der Waals surface area (Å²) in [7, 11) is 0. The topological polar surface area (TPSA) is 142 Å². The molecule has 0 unspecified atom stereocenters. The minimum Gasteiger partial charge on any atom is -0.480 e. The standard InChI is InChI=1S/C10H19N3O5/c1-5(2)8(11)9(16)12-3-7(15)13-6(4-14)10(17)18/h5-6,8,14H,3-4,11H2,1-2H3,(H,12,16)(H,13,15)(H,17,18)/t6-,8-/m0/s1. The average molecular weight is 261 g/mol. The number of carbonyl (C=O) groups is 3. The molecule has 2 amide bonds. The molecule has 0 heterocycles. The molecule has 0 aromatic carbocycles. The van der Waals surface area contributed by atoms with Crippen molar-refractivity contribution in [2.45, 2.75) is 25.9 Å². The molecule has 6 N–H and O–H groups in total. The van der Waals surface area contributed by atoms with Gasteiger partial charge in [-0.15, -0.1) is 0 Å². The van der Waals surface area contributed by atoms with Crippen molar-refractivity contribution in [2.75, 3.05) is 13.2 Å². The van der Waals surface area contributed by atoms with Crippen LogP contribution in [0.3, 0.4) is 0 Å². The Morgan fingerprint density at radius 2 is 1.83 bits per heavy atom. The van der Waals surface area contributed by atoms with E-state index in [4.69, 9.17) is 15.9 Å². The number of hydrogen-bond donors (Lipinski definition) is 5. The van der Waals surface area contributed by atoms with Crippen LogP contribution in [0.15, 0.2) is 0 Å². The van der Waals surface area contributed by atoms with Gasteiger partial charge in [0.15, 0.2) is 0 Å². The zero-order valence-electron chi connectivity index (χ0n) is 10.3. The number of nitrogens with one attached hydrogen (secondary N) is 2. The fraction of sp³-hybridized carbons (Fsp3) is 0.700. The Kier molecular flexibility index (Phi) is 6.91. The van der Waals surface area contributed by atoms with E-state index in [-0.39, 0.29) is 12.5 Å². The van der Waals surface area contributed by atoms with E-state index >= 15 is 0 Å². The van der Waals surface area contributed by atoms with Gasteiger partial charge >= 0.3 is 5.97 Å². The first-order valence-electron chi connectivity index (χ1n) is 5.45. The van der Waals surface area contributed by atoms with E-state index in [0.717, 1.165) is 0 Å². The molecule has 0 bridgehead atoms. The lowest BCUT2D eigenvalue weighted by Crippen LogP contribution is -2.50. The first kappa shape index (κ1) is 16.3. The minimum absolute atomic E-state index is 0.0720. The van der Waals surface area contributed by atoms with Crippen LogP contribution in [0.1, 0.15) is 13.8 Å². The second kappa shape index (κ2) is 7.62. The number of rotatable bonds is 7. The van der Waals surface area contributed by atoms with E-state index in [9.17, 15) is 14.4 Å². The van der Waals surface area contributed by atoms with Crippen LogP contribution in [0.25, 0.3) is 0 Å². The first-order chi connectivity index (χ1) is 8.29. The second-order valence-electron chi connectivity index (χ2n) is 4.13. The summed E-state index contributed by atoms with van der Waals surface area (Å²) in [5.74, 6) is -2.62. The SMILES string of the molecule is CC(C)[C@H](N)C(=O)NCC(=O)N[C@@H](CO)C(=O)O. The number of aliphatic hydroxyl groups is 1. The van der Waals surface area contributed by atoms with E-state index in [1.165, 1.54) is 0 Å². The van der Waals surface area contributed by atoms with Gasteiger partial charge in [-0.2, -0.15) is 0 Å². The van der Waals surface area contributed by atoms with Gasteiger partial charge in [0, 0.05) is 0 Å². The summed E-state index contributed by atoms with van der Waals surface area (Å²) < 4.78 is 0. The number of carboxylic acid groups (broad SMARTS) is 1. The number of carbonyl (C=O) groups excluding carboxylic acids is 2. The molecule has 0 saturated heterocycles. The molecule has 0 aliphatic rings. The van der Waals surface area contributed by atoms with Crippen LogP contribution >= 0.6 is 0 Å². The van der Waals surface area contributed by atoms with Crippen LogP contribution in [0, 0.1) is 5.92 Å². The highest BCUT2D eigenvalue weighted by atomic mass is 16.4. The molecule has 0 fully saturated rings. The minimum atomic E-state index is -1.38. The predicted octanol–water partition coefficient (Wildman–Crippen LogP) is -2.35. The molecule has 0 saturated carbocycles. The normalized spacial score (nSPS) is 13.8. The molecule has 0 aromatic heterocycles. The van der Waals surface area contributed by atoms with E-state index in [0.29, 0.717) is 0 Å². The summed E-state index contributed by atoms with van der Waals surface area (Å²) >= 11 is 0. The lowest BCUT2D eigenvalue weighted by atomic mass is 10.1. The third-order valence-corrected chi connectivity index (χ3v) is 2.26. The van der Waals surface area contributed by atoms with Crippen molar-refractivity contribution < 1.29 is 24.6 Å². The Morgan fingerprint density at radius 1 is 1.28 bits per heavy atom. The number of aliphatic carboxylic acids is 1. The van der Waals surface area contributed by atoms with Crippen LogP contribution in [0.4, 0.5) is 0 Å². The predicted molar refractivity (Wildman–Crippen MR) is 62.5 cm³/mol. The van der Waals surface area contributed by atoms with Gasteiger partial charge in [0.05, 0.1) is 19.2 Å². The van der Waals surface area contributed by atoms with Crippen molar-refractivity contribution in [2.24, 2.45) is 11.7 Å². The van der Waals surface area contributed by atoms with Crippen molar-refractivity contribution in [3.8, 4) is 0 Å². The largest absolute Gasteiger partial charge is 0.480 e. The van der Waals surface area contributed by atoms with Crippen LogP contribution in [-0.2, 0) is 14.4 Å². The van der Waals surface area contributed by atoms with E-state index in [2.05, 4.69) is 5.32 Å². The average Bonchev–Trinajstić information content (AvgIpc) is 2.31. The third-order valence-electron chi connectivity index (χ3n) is 2.26. The van der Waals surface area contributed by atoms with Crippen molar-refractivity contribution in [3.05, 3.63) is 0 Å². The van der Waals surface area contributed by atoms with Crippen LogP contribution < -0.4 is 16.4 Å². The molecule has 0 aliphatic heterocycles. The smallest absolute Gasteiger partial charge is 0.328 e. The van der Waals surface area contributed by atoms with Gasteiger partial charge in [0.25, 0.3) is 0 Å². The molecule has 2 atom stereocenters. The second-order valence-corrected chi connectivity index (χ2v) is 4.13. The Bertz CT molecular complexity index is 319. The molecule has 18 heavy (non-hydrogen) atoms. The number of hydrogen-bond acceptors (Lipinski definition) is 5. The maximum Gasteiger partial charge on any atom is 0.328 e. The molecule has 8 nitrogen and oxygen atoms in total. The zero-order valence-corrected chi connectivity index (χ0v) is 10.3. The molecule has 0 aromatic rings. The summed E-state index contributed by atoms with van der Waals surface area (Å²) in [6.45, 7) is 2.41. The van der Waals surface area contributed by atoms with E-state index in [1.54, 1.807) is 13.8 Å². The Morgan fingerprint density at radius 3 is 2.22 bits per heavy atom.